The zero-order chi connectivity index (χ0) is 13.0. The first kappa shape index (κ1) is 12.8. The predicted octanol–water partition coefficient (Wildman–Crippen LogP) is 1.17. The van der Waals surface area contributed by atoms with Crippen LogP contribution < -0.4 is 11.3 Å². The van der Waals surface area contributed by atoms with Crippen LogP contribution in [0.5, 0.6) is 0 Å². The Morgan fingerprint density at radius 1 is 1.50 bits per heavy atom. The molecular weight excluding hydrogens is 230 g/mol. The summed E-state index contributed by atoms with van der Waals surface area (Å²) in [6.07, 6.45) is 4.34. The van der Waals surface area contributed by atoms with Crippen LogP contribution in [0.1, 0.15) is 43.1 Å². The van der Waals surface area contributed by atoms with Gasteiger partial charge in [0.05, 0.1) is 0 Å². The van der Waals surface area contributed by atoms with E-state index in [1.807, 2.05) is 4.90 Å². The minimum Gasteiger partial charge on any atom is -0.334 e. The number of nitrogens with two attached hydrogens (primary N) is 1. The number of amides is 1. The Labute approximate surface area is 107 Å². The SMILES string of the molecule is CCC1CCCCN1C(=O)c1ccc(NN)nn1. The van der Waals surface area contributed by atoms with Gasteiger partial charge in [-0.3, -0.25) is 4.79 Å². The molecule has 1 fully saturated rings. The highest BCUT2D eigenvalue weighted by atomic mass is 16.2. The molecule has 6 heteroatoms. The lowest BCUT2D eigenvalue weighted by Gasteiger charge is -2.34. The van der Waals surface area contributed by atoms with Crippen LogP contribution in [0.2, 0.25) is 0 Å². The van der Waals surface area contributed by atoms with E-state index in [0.29, 0.717) is 17.6 Å². The van der Waals surface area contributed by atoms with Crippen LogP contribution >= 0.6 is 0 Å². The van der Waals surface area contributed by atoms with Crippen molar-refractivity contribution in [2.45, 2.75) is 38.6 Å². The summed E-state index contributed by atoms with van der Waals surface area (Å²) in [6.45, 7) is 2.93. The average molecular weight is 249 g/mol. The Balaban J connectivity index is 2.13. The summed E-state index contributed by atoms with van der Waals surface area (Å²) in [6, 6.07) is 3.65. The molecule has 0 aliphatic carbocycles. The highest BCUT2D eigenvalue weighted by molar-refractivity contribution is 5.92. The molecule has 0 saturated carbocycles. The monoisotopic (exact) mass is 249 g/mol. The molecule has 1 aliphatic heterocycles. The van der Waals surface area contributed by atoms with Crippen molar-refractivity contribution in [2.24, 2.45) is 5.84 Å². The van der Waals surface area contributed by atoms with Gasteiger partial charge in [-0.1, -0.05) is 6.92 Å². The van der Waals surface area contributed by atoms with Crippen molar-refractivity contribution in [3.05, 3.63) is 17.8 Å². The zero-order valence-corrected chi connectivity index (χ0v) is 10.6. The van der Waals surface area contributed by atoms with Gasteiger partial charge in [0.1, 0.15) is 0 Å². The molecule has 1 aliphatic rings. The van der Waals surface area contributed by atoms with Gasteiger partial charge in [-0.15, -0.1) is 10.2 Å². The number of nitrogens with one attached hydrogen (secondary N) is 1. The van der Waals surface area contributed by atoms with Crippen molar-refractivity contribution in [3.8, 4) is 0 Å². The molecule has 1 atom stereocenters. The average Bonchev–Trinajstić information content (AvgIpc) is 2.46. The number of nitrogen functional groups attached to an aromatic ring is 1. The van der Waals surface area contributed by atoms with Crippen molar-refractivity contribution in [1.82, 2.24) is 15.1 Å². The van der Waals surface area contributed by atoms with Crippen molar-refractivity contribution in [1.29, 1.82) is 0 Å². The van der Waals surface area contributed by atoms with E-state index in [2.05, 4.69) is 22.5 Å². The molecule has 6 nitrogen and oxygen atoms in total. The second-order valence-corrected chi connectivity index (χ2v) is 4.50. The zero-order valence-electron chi connectivity index (χ0n) is 10.6. The summed E-state index contributed by atoms with van der Waals surface area (Å²) in [5.74, 6) is 5.64. The van der Waals surface area contributed by atoms with Crippen LogP contribution in [0.4, 0.5) is 5.82 Å². The summed E-state index contributed by atoms with van der Waals surface area (Å²) in [4.78, 5) is 14.3. The van der Waals surface area contributed by atoms with Crippen molar-refractivity contribution >= 4 is 11.7 Å². The molecule has 1 amide bonds. The Kier molecular flexibility index (Phi) is 4.09. The fourth-order valence-electron chi connectivity index (χ4n) is 2.36. The van der Waals surface area contributed by atoms with Crippen LogP contribution in [0.15, 0.2) is 12.1 Å². The molecule has 0 bridgehead atoms. The number of carbonyl (C=O) groups excluding carboxylic acids is 1. The van der Waals surface area contributed by atoms with Gasteiger partial charge in [-0.25, -0.2) is 5.84 Å². The molecule has 1 unspecified atom stereocenters. The van der Waals surface area contributed by atoms with E-state index in [4.69, 9.17) is 5.84 Å². The summed E-state index contributed by atoms with van der Waals surface area (Å²) < 4.78 is 0. The summed E-state index contributed by atoms with van der Waals surface area (Å²) in [7, 11) is 0. The largest absolute Gasteiger partial charge is 0.334 e. The second kappa shape index (κ2) is 5.77. The maximum absolute atomic E-state index is 12.3. The highest BCUT2D eigenvalue weighted by Crippen LogP contribution is 2.21. The number of hydrogen-bond acceptors (Lipinski definition) is 5. The summed E-state index contributed by atoms with van der Waals surface area (Å²) >= 11 is 0. The van der Waals surface area contributed by atoms with Crippen molar-refractivity contribution in [3.63, 3.8) is 0 Å². The Hall–Kier alpha value is -1.69. The lowest BCUT2D eigenvalue weighted by molar-refractivity contribution is 0.0601. The maximum Gasteiger partial charge on any atom is 0.274 e. The van der Waals surface area contributed by atoms with E-state index in [9.17, 15) is 4.79 Å². The first-order valence-electron chi connectivity index (χ1n) is 6.37. The summed E-state index contributed by atoms with van der Waals surface area (Å²) in [5.41, 5.74) is 2.78. The number of piperidine rings is 1. The number of nitrogens with zero attached hydrogens (tertiary/aromatic N) is 3. The molecule has 2 heterocycles. The molecule has 2 rings (SSSR count). The lowest BCUT2D eigenvalue weighted by Crippen LogP contribution is -2.43. The van der Waals surface area contributed by atoms with Gasteiger partial charge >= 0.3 is 0 Å². The Bertz CT molecular complexity index is 405. The fourth-order valence-corrected chi connectivity index (χ4v) is 2.36. The molecule has 1 saturated heterocycles. The van der Waals surface area contributed by atoms with E-state index in [-0.39, 0.29) is 5.91 Å². The minimum atomic E-state index is -0.0300. The van der Waals surface area contributed by atoms with Crippen LogP contribution in [0.25, 0.3) is 0 Å². The van der Waals surface area contributed by atoms with E-state index >= 15 is 0 Å². The smallest absolute Gasteiger partial charge is 0.274 e. The second-order valence-electron chi connectivity index (χ2n) is 4.50. The minimum absolute atomic E-state index is 0.0300. The number of likely N-dealkylation sites (tertiary alicyclic amines) is 1. The molecule has 0 spiro atoms. The molecule has 0 radical (unpaired) electrons. The first-order valence-corrected chi connectivity index (χ1v) is 6.37. The van der Waals surface area contributed by atoms with Crippen molar-refractivity contribution in [2.75, 3.05) is 12.0 Å². The lowest BCUT2D eigenvalue weighted by atomic mass is 9.99. The number of hydrogen-bond donors (Lipinski definition) is 2. The Morgan fingerprint density at radius 3 is 2.94 bits per heavy atom. The molecule has 1 aromatic rings. The number of carbonyl (C=O) groups is 1. The van der Waals surface area contributed by atoms with Crippen LogP contribution in [-0.2, 0) is 0 Å². The van der Waals surface area contributed by atoms with Crippen LogP contribution in [0, 0.1) is 0 Å². The fraction of sp³-hybridized carbons (Fsp3) is 0.583. The number of aromatic nitrogens is 2. The van der Waals surface area contributed by atoms with Crippen LogP contribution in [0.3, 0.4) is 0 Å². The molecular formula is C12H19N5O. The van der Waals surface area contributed by atoms with E-state index in [1.165, 1.54) is 6.42 Å². The molecule has 0 aromatic carbocycles. The van der Waals surface area contributed by atoms with Gasteiger partial charge in [0.15, 0.2) is 11.5 Å². The number of anilines is 1. The quantitative estimate of drug-likeness (QED) is 0.620. The highest BCUT2D eigenvalue weighted by Gasteiger charge is 2.26. The first-order chi connectivity index (χ1) is 8.76. The third-order valence-corrected chi connectivity index (χ3v) is 3.39. The number of hydrazine groups is 1. The normalized spacial score (nSPS) is 19.7. The van der Waals surface area contributed by atoms with Gasteiger partial charge in [-0.2, -0.15) is 0 Å². The number of rotatable bonds is 3. The molecule has 18 heavy (non-hydrogen) atoms. The van der Waals surface area contributed by atoms with Gasteiger partial charge in [0, 0.05) is 12.6 Å². The van der Waals surface area contributed by atoms with E-state index < -0.39 is 0 Å². The van der Waals surface area contributed by atoms with Gasteiger partial charge < -0.3 is 10.3 Å². The predicted molar refractivity (Wildman–Crippen MR) is 68.8 cm³/mol. The summed E-state index contributed by atoms with van der Waals surface area (Å²) in [5, 5.41) is 7.74. The molecule has 98 valence electrons. The van der Waals surface area contributed by atoms with E-state index in [1.54, 1.807) is 12.1 Å². The standard InChI is InChI=1S/C12H19N5O/c1-2-9-5-3-4-8-17(9)12(18)10-6-7-11(14-13)16-15-10/h6-7,9H,2-5,8,13H2,1H3,(H,14,16). The third kappa shape index (κ3) is 2.59. The topological polar surface area (TPSA) is 84.1 Å². The third-order valence-electron chi connectivity index (χ3n) is 3.39. The van der Waals surface area contributed by atoms with Gasteiger partial charge in [-0.05, 0) is 37.8 Å². The Morgan fingerprint density at radius 2 is 2.33 bits per heavy atom. The molecule has 1 aromatic heterocycles. The van der Waals surface area contributed by atoms with Crippen molar-refractivity contribution < 1.29 is 4.79 Å². The van der Waals surface area contributed by atoms with Crippen LogP contribution in [-0.4, -0.2) is 33.6 Å². The maximum atomic E-state index is 12.3. The van der Waals surface area contributed by atoms with Gasteiger partial charge in [0.25, 0.3) is 5.91 Å². The molecule has 3 N–H and O–H groups in total. The van der Waals surface area contributed by atoms with E-state index in [0.717, 1.165) is 25.8 Å². The van der Waals surface area contributed by atoms with Gasteiger partial charge in [0.2, 0.25) is 0 Å².